The van der Waals surface area contributed by atoms with Crippen molar-refractivity contribution < 1.29 is 4.48 Å². The molecule has 3 heteroatoms. The molecule has 0 aliphatic carbocycles. The number of nitrogens with zero attached hydrogens (tertiary/aromatic N) is 3. The zero-order valence-corrected chi connectivity index (χ0v) is 20.1. The number of rotatable bonds is 21. The molecule has 0 saturated heterocycles. The monoisotopic (exact) mass is 426 g/mol. The predicted molar refractivity (Wildman–Crippen MR) is 143 cm³/mol. The molecule has 174 valence electrons. The van der Waals surface area contributed by atoms with Crippen molar-refractivity contribution in [2.75, 3.05) is 65.4 Å². The fraction of sp³-hybridized carbons (Fsp3) is 0.429. The van der Waals surface area contributed by atoms with Crippen LogP contribution in [0.25, 0.3) is 0 Å². The SMILES string of the molecule is C=CCN(CC=C)CCCCN(CC=C)CC=C.C=CC[N+](CC=C)(CC=C)CC=C. The van der Waals surface area contributed by atoms with Crippen LogP contribution in [0.1, 0.15) is 12.8 Å². The van der Waals surface area contributed by atoms with Crippen LogP contribution >= 0.6 is 0 Å². The van der Waals surface area contributed by atoms with Crippen LogP contribution in [0.5, 0.6) is 0 Å². The van der Waals surface area contributed by atoms with Crippen LogP contribution in [0.4, 0.5) is 0 Å². The average molecular weight is 427 g/mol. The summed E-state index contributed by atoms with van der Waals surface area (Å²) in [4.78, 5) is 4.71. The highest BCUT2D eigenvalue weighted by Gasteiger charge is 2.20. The topological polar surface area (TPSA) is 6.48 Å². The van der Waals surface area contributed by atoms with Crippen LogP contribution < -0.4 is 0 Å². The predicted octanol–water partition coefficient (Wildman–Crippen LogP) is 5.66. The second-order valence-electron chi connectivity index (χ2n) is 7.61. The van der Waals surface area contributed by atoms with Gasteiger partial charge in [0.1, 0.15) is 0 Å². The summed E-state index contributed by atoms with van der Waals surface area (Å²) in [5, 5.41) is 0. The van der Waals surface area contributed by atoms with Crippen molar-refractivity contribution in [1.29, 1.82) is 0 Å². The summed E-state index contributed by atoms with van der Waals surface area (Å²) < 4.78 is 0.903. The van der Waals surface area contributed by atoms with Crippen molar-refractivity contribution >= 4 is 0 Å². The average Bonchev–Trinajstić information content (AvgIpc) is 2.73. The largest absolute Gasteiger partial charge is 0.311 e. The molecule has 0 bridgehead atoms. The molecule has 0 radical (unpaired) electrons. The minimum Gasteiger partial charge on any atom is -0.311 e. The fourth-order valence-corrected chi connectivity index (χ4v) is 3.46. The molecule has 31 heavy (non-hydrogen) atoms. The first kappa shape index (κ1) is 31.0. The summed E-state index contributed by atoms with van der Waals surface area (Å²) in [6.07, 6.45) is 18.0. The van der Waals surface area contributed by atoms with Gasteiger partial charge in [-0.3, -0.25) is 9.80 Å². The molecule has 0 unspecified atom stereocenters. The molecule has 0 saturated carbocycles. The zero-order valence-electron chi connectivity index (χ0n) is 20.1. The third kappa shape index (κ3) is 17.2. The smallest absolute Gasteiger partial charge is 0.0978 e. The first-order valence-electron chi connectivity index (χ1n) is 11.2. The first-order valence-corrected chi connectivity index (χ1v) is 11.2. The molecule has 0 N–H and O–H groups in total. The number of unbranched alkanes of at least 4 members (excludes halogenated alkanes) is 1. The molecular formula is C28H48N3+. The van der Waals surface area contributed by atoms with Crippen molar-refractivity contribution in [3.05, 3.63) is 101 Å². The third-order valence-corrected chi connectivity index (χ3v) is 4.81. The minimum absolute atomic E-state index is 0.903. The summed E-state index contributed by atoms with van der Waals surface area (Å²) in [5.74, 6) is 0. The molecule has 0 aromatic rings. The molecule has 0 aliphatic rings. The van der Waals surface area contributed by atoms with E-state index in [-0.39, 0.29) is 0 Å². The van der Waals surface area contributed by atoms with Crippen LogP contribution in [-0.2, 0) is 0 Å². The Morgan fingerprint density at radius 2 is 0.677 bits per heavy atom. The van der Waals surface area contributed by atoms with E-state index in [0.717, 1.165) is 69.9 Å². The van der Waals surface area contributed by atoms with Crippen molar-refractivity contribution in [3.63, 3.8) is 0 Å². The molecule has 0 amide bonds. The van der Waals surface area contributed by atoms with Gasteiger partial charge in [-0.15, -0.1) is 26.3 Å². The Morgan fingerprint density at radius 1 is 0.419 bits per heavy atom. The van der Waals surface area contributed by atoms with Gasteiger partial charge in [0.2, 0.25) is 0 Å². The fourth-order valence-electron chi connectivity index (χ4n) is 3.46. The Kier molecular flexibility index (Phi) is 22.5. The van der Waals surface area contributed by atoms with Gasteiger partial charge in [-0.1, -0.05) is 50.6 Å². The lowest BCUT2D eigenvalue weighted by Crippen LogP contribution is -2.48. The van der Waals surface area contributed by atoms with E-state index in [1.807, 2.05) is 48.6 Å². The van der Waals surface area contributed by atoms with E-state index in [9.17, 15) is 0 Å². The van der Waals surface area contributed by atoms with Gasteiger partial charge in [0.05, 0.1) is 26.2 Å². The van der Waals surface area contributed by atoms with E-state index in [1.165, 1.54) is 12.8 Å². The highest BCUT2D eigenvalue weighted by atomic mass is 15.3. The van der Waals surface area contributed by atoms with Gasteiger partial charge in [-0.25, -0.2) is 0 Å². The summed E-state index contributed by atoms with van der Waals surface area (Å²) in [6.45, 7) is 39.9. The van der Waals surface area contributed by atoms with Crippen molar-refractivity contribution in [1.82, 2.24) is 9.80 Å². The van der Waals surface area contributed by atoms with Crippen LogP contribution in [0.2, 0.25) is 0 Å². The third-order valence-electron chi connectivity index (χ3n) is 4.81. The lowest BCUT2D eigenvalue weighted by Gasteiger charge is -2.35. The molecule has 0 aromatic heterocycles. The quantitative estimate of drug-likeness (QED) is 0.133. The Bertz CT molecular complexity index is 441. The highest BCUT2D eigenvalue weighted by molar-refractivity contribution is 4.82. The van der Waals surface area contributed by atoms with E-state index in [1.54, 1.807) is 0 Å². The van der Waals surface area contributed by atoms with E-state index in [0.29, 0.717) is 0 Å². The second-order valence-corrected chi connectivity index (χ2v) is 7.61. The van der Waals surface area contributed by atoms with Crippen molar-refractivity contribution in [2.45, 2.75) is 12.8 Å². The molecule has 0 fully saturated rings. The van der Waals surface area contributed by atoms with Gasteiger partial charge in [0.25, 0.3) is 0 Å². The zero-order chi connectivity index (χ0) is 23.8. The van der Waals surface area contributed by atoms with Crippen LogP contribution in [0.3, 0.4) is 0 Å². The van der Waals surface area contributed by atoms with Gasteiger partial charge in [0, 0.05) is 26.2 Å². The maximum atomic E-state index is 3.78. The number of hydrogen-bond acceptors (Lipinski definition) is 2. The maximum absolute atomic E-state index is 3.78. The second kappa shape index (κ2) is 22.5. The normalized spacial score (nSPS) is 10.5. The van der Waals surface area contributed by atoms with Gasteiger partial charge < -0.3 is 4.48 Å². The summed E-state index contributed by atoms with van der Waals surface area (Å²) in [7, 11) is 0. The van der Waals surface area contributed by atoms with E-state index >= 15 is 0 Å². The van der Waals surface area contributed by atoms with E-state index in [4.69, 9.17) is 0 Å². The van der Waals surface area contributed by atoms with Gasteiger partial charge in [-0.2, -0.15) is 0 Å². The van der Waals surface area contributed by atoms with Crippen LogP contribution in [0.15, 0.2) is 101 Å². The van der Waals surface area contributed by atoms with Crippen LogP contribution in [0, 0.1) is 0 Å². The Morgan fingerprint density at radius 3 is 0.871 bits per heavy atom. The molecule has 0 rings (SSSR count). The standard InChI is InChI=1S/C16H28N2.C12H20N/c1-5-11-17(12-6-2)15-9-10-16-18(13-7-3)14-8-4;1-5-9-13(10-6-2,11-7-3)12-8-4/h5-8H,1-4,9-16H2;5-8H,1-4,9-12H2/q;+1. The molecule has 0 heterocycles. The molecule has 0 aliphatic heterocycles. The molecule has 0 spiro atoms. The Labute approximate surface area is 194 Å². The summed E-state index contributed by atoms with van der Waals surface area (Å²) >= 11 is 0. The highest BCUT2D eigenvalue weighted by Crippen LogP contribution is 2.07. The molecule has 3 nitrogen and oxygen atoms in total. The maximum Gasteiger partial charge on any atom is 0.0978 e. The summed E-state index contributed by atoms with van der Waals surface area (Å²) in [6, 6.07) is 0. The minimum atomic E-state index is 0.903. The van der Waals surface area contributed by atoms with E-state index < -0.39 is 0 Å². The lowest BCUT2D eigenvalue weighted by atomic mass is 10.2. The van der Waals surface area contributed by atoms with Crippen molar-refractivity contribution in [3.8, 4) is 0 Å². The Hall–Kier alpha value is -2.20. The molecule has 0 aromatic carbocycles. The van der Waals surface area contributed by atoms with Gasteiger partial charge in [0.15, 0.2) is 0 Å². The first-order chi connectivity index (χ1) is 15.0. The van der Waals surface area contributed by atoms with Crippen molar-refractivity contribution in [2.24, 2.45) is 0 Å². The Balaban J connectivity index is 0. The molecular weight excluding hydrogens is 378 g/mol. The van der Waals surface area contributed by atoms with Gasteiger partial charge >= 0.3 is 0 Å². The van der Waals surface area contributed by atoms with Gasteiger partial charge in [-0.05, 0) is 50.2 Å². The number of hydrogen-bond donors (Lipinski definition) is 0. The van der Waals surface area contributed by atoms with E-state index in [2.05, 4.69) is 62.4 Å². The molecule has 0 atom stereocenters. The summed E-state index contributed by atoms with van der Waals surface area (Å²) in [5.41, 5.74) is 0. The van der Waals surface area contributed by atoms with Crippen LogP contribution in [-0.4, -0.2) is 79.7 Å². The lowest BCUT2D eigenvalue weighted by molar-refractivity contribution is -0.906. The number of quaternary nitrogens is 1.